The molecule has 1 N–H and O–H groups in total. The van der Waals surface area contributed by atoms with Crippen LogP contribution in [-0.2, 0) is 5.41 Å². The van der Waals surface area contributed by atoms with Crippen molar-refractivity contribution in [3.8, 4) is 0 Å². The second-order valence-corrected chi connectivity index (χ2v) is 6.51. The fourth-order valence-corrected chi connectivity index (χ4v) is 3.81. The van der Waals surface area contributed by atoms with Crippen LogP contribution in [0.25, 0.3) is 0 Å². The molecule has 2 aliphatic heterocycles. The lowest BCUT2D eigenvalue weighted by Gasteiger charge is -2.40. The topological polar surface area (TPSA) is 62.3 Å². The van der Waals surface area contributed by atoms with Gasteiger partial charge in [0.2, 0.25) is 0 Å². The monoisotopic (exact) mass is 321 g/mol. The van der Waals surface area contributed by atoms with Crippen molar-refractivity contribution in [3.05, 3.63) is 65.5 Å². The Morgan fingerprint density at radius 3 is 2.25 bits per heavy atom. The molecule has 122 valence electrons. The number of benzene rings is 1. The molecule has 0 radical (unpaired) electrons. The number of hydrogen-bond donors (Lipinski definition) is 1. The number of amides is 2. The van der Waals surface area contributed by atoms with Crippen molar-refractivity contribution in [3.63, 3.8) is 0 Å². The first kappa shape index (κ1) is 15.0. The molecule has 2 amide bonds. The van der Waals surface area contributed by atoms with Crippen molar-refractivity contribution in [1.82, 2.24) is 15.2 Å². The normalized spacial score (nSPS) is 19.4. The predicted molar refractivity (Wildman–Crippen MR) is 89.8 cm³/mol. The van der Waals surface area contributed by atoms with Gasteiger partial charge in [0.05, 0.1) is 11.1 Å². The van der Waals surface area contributed by atoms with Crippen LogP contribution in [0.1, 0.15) is 39.1 Å². The first-order valence-electron chi connectivity index (χ1n) is 8.28. The maximum Gasteiger partial charge on any atom is 0.261 e. The molecule has 4 rings (SSSR count). The molecule has 0 unspecified atom stereocenters. The zero-order valence-electron chi connectivity index (χ0n) is 13.4. The molecule has 1 aromatic heterocycles. The third-order valence-corrected chi connectivity index (χ3v) is 5.17. The van der Waals surface area contributed by atoms with Crippen LogP contribution in [0, 0.1) is 0 Å². The Morgan fingerprint density at radius 2 is 1.67 bits per heavy atom. The van der Waals surface area contributed by atoms with Crippen molar-refractivity contribution in [2.24, 2.45) is 0 Å². The Bertz CT molecular complexity index is 747. The highest BCUT2D eigenvalue weighted by Gasteiger charge is 2.43. The van der Waals surface area contributed by atoms with Crippen LogP contribution in [0.15, 0.2) is 48.8 Å². The molecule has 0 aliphatic carbocycles. The molecular formula is C19H19N3O2. The minimum absolute atomic E-state index is 0.183. The molecule has 0 bridgehead atoms. The van der Waals surface area contributed by atoms with E-state index in [0.29, 0.717) is 17.7 Å². The van der Waals surface area contributed by atoms with Crippen molar-refractivity contribution < 1.29 is 9.59 Å². The molecule has 5 nitrogen and oxygen atoms in total. The van der Waals surface area contributed by atoms with E-state index in [-0.39, 0.29) is 17.2 Å². The number of aromatic nitrogens is 1. The molecule has 1 fully saturated rings. The van der Waals surface area contributed by atoms with Crippen LogP contribution in [0.3, 0.4) is 0 Å². The van der Waals surface area contributed by atoms with Crippen LogP contribution < -0.4 is 5.32 Å². The van der Waals surface area contributed by atoms with Gasteiger partial charge in [0.1, 0.15) is 0 Å². The number of pyridine rings is 1. The average Bonchev–Trinajstić information content (AvgIpc) is 2.89. The van der Waals surface area contributed by atoms with Crippen LogP contribution in [0.2, 0.25) is 0 Å². The molecule has 1 saturated heterocycles. The van der Waals surface area contributed by atoms with Gasteiger partial charge in [0, 0.05) is 24.4 Å². The van der Waals surface area contributed by atoms with Crippen molar-refractivity contribution >= 4 is 11.8 Å². The number of nitrogens with one attached hydrogen (secondary N) is 1. The van der Waals surface area contributed by atoms with Crippen LogP contribution in [-0.4, -0.2) is 41.3 Å². The van der Waals surface area contributed by atoms with Crippen molar-refractivity contribution in [2.45, 2.75) is 18.3 Å². The number of piperidine rings is 1. The molecule has 0 spiro atoms. The van der Waals surface area contributed by atoms with E-state index in [2.05, 4.69) is 16.4 Å². The second kappa shape index (κ2) is 5.83. The summed E-state index contributed by atoms with van der Waals surface area (Å²) in [5.41, 5.74) is 1.89. The summed E-state index contributed by atoms with van der Waals surface area (Å²) < 4.78 is 0. The van der Waals surface area contributed by atoms with Crippen LogP contribution in [0.5, 0.6) is 0 Å². The van der Waals surface area contributed by atoms with E-state index in [0.717, 1.165) is 31.5 Å². The van der Waals surface area contributed by atoms with Gasteiger partial charge in [0.25, 0.3) is 11.8 Å². The summed E-state index contributed by atoms with van der Waals surface area (Å²) in [5.74, 6) is -0.366. The Labute approximate surface area is 140 Å². The highest BCUT2D eigenvalue weighted by atomic mass is 16.2. The van der Waals surface area contributed by atoms with Crippen LogP contribution in [0.4, 0.5) is 0 Å². The summed E-state index contributed by atoms with van der Waals surface area (Å²) in [6, 6.07) is 11.0. The van der Waals surface area contributed by atoms with Gasteiger partial charge in [-0.2, -0.15) is 0 Å². The van der Waals surface area contributed by atoms with Gasteiger partial charge in [-0.1, -0.05) is 18.2 Å². The first-order chi connectivity index (χ1) is 11.7. The Balaban J connectivity index is 1.70. The standard InChI is InChI=1S/C19H19N3O2/c23-17-15-5-1-2-6-16(15)18(24)22(17)13-19(7-10-20-11-8-19)14-4-3-9-21-12-14/h1-6,9,12,20H,7-8,10-11,13H2. The van der Waals surface area contributed by atoms with Crippen molar-refractivity contribution in [1.29, 1.82) is 0 Å². The highest BCUT2D eigenvalue weighted by molar-refractivity contribution is 6.21. The fourth-order valence-electron chi connectivity index (χ4n) is 3.81. The maximum atomic E-state index is 12.7. The molecule has 24 heavy (non-hydrogen) atoms. The molecule has 3 heterocycles. The molecule has 0 saturated carbocycles. The summed E-state index contributed by atoms with van der Waals surface area (Å²) in [6.45, 7) is 2.16. The van der Waals surface area contributed by atoms with Gasteiger partial charge >= 0.3 is 0 Å². The molecule has 2 aliphatic rings. The zero-order chi connectivity index (χ0) is 16.6. The lowest BCUT2D eigenvalue weighted by Crippen LogP contribution is -2.49. The van der Waals surface area contributed by atoms with E-state index in [9.17, 15) is 9.59 Å². The van der Waals surface area contributed by atoms with Crippen molar-refractivity contribution in [2.75, 3.05) is 19.6 Å². The zero-order valence-corrected chi connectivity index (χ0v) is 13.4. The third kappa shape index (κ3) is 2.32. The Kier molecular flexibility index (Phi) is 3.65. The minimum atomic E-state index is -0.229. The highest BCUT2D eigenvalue weighted by Crippen LogP contribution is 2.36. The van der Waals surface area contributed by atoms with Gasteiger partial charge in [-0.25, -0.2) is 0 Å². The Morgan fingerprint density at radius 1 is 1.00 bits per heavy atom. The van der Waals surface area contributed by atoms with E-state index in [4.69, 9.17) is 0 Å². The van der Waals surface area contributed by atoms with Gasteiger partial charge in [-0.15, -0.1) is 0 Å². The molecule has 0 atom stereocenters. The number of carbonyl (C=O) groups excluding carboxylic acids is 2. The van der Waals surface area contributed by atoms with Gasteiger partial charge in [0.15, 0.2) is 0 Å². The number of carbonyl (C=O) groups is 2. The van der Waals surface area contributed by atoms with E-state index >= 15 is 0 Å². The van der Waals surface area contributed by atoms with Gasteiger partial charge < -0.3 is 5.32 Å². The largest absolute Gasteiger partial charge is 0.317 e. The summed E-state index contributed by atoms with van der Waals surface area (Å²) in [4.78, 5) is 31.1. The summed E-state index contributed by atoms with van der Waals surface area (Å²) in [7, 11) is 0. The molecule has 1 aromatic carbocycles. The van der Waals surface area contributed by atoms with E-state index in [1.807, 2.05) is 12.3 Å². The smallest absolute Gasteiger partial charge is 0.261 e. The molecule has 5 heteroatoms. The van der Waals surface area contributed by atoms with E-state index in [1.165, 1.54) is 4.90 Å². The SMILES string of the molecule is O=C1c2ccccc2C(=O)N1CC1(c2cccnc2)CCNCC1. The Hall–Kier alpha value is -2.53. The maximum absolute atomic E-state index is 12.7. The lowest BCUT2D eigenvalue weighted by atomic mass is 9.73. The lowest BCUT2D eigenvalue weighted by molar-refractivity contribution is 0.0596. The number of hydrogen-bond acceptors (Lipinski definition) is 4. The van der Waals surface area contributed by atoms with Gasteiger partial charge in [-0.05, 0) is 49.7 Å². The number of imide groups is 1. The van der Waals surface area contributed by atoms with Crippen LogP contribution >= 0.6 is 0 Å². The van der Waals surface area contributed by atoms with Gasteiger partial charge in [-0.3, -0.25) is 19.5 Å². The minimum Gasteiger partial charge on any atom is -0.317 e. The average molecular weight is 321 g/mol. The predicted octanol–water partition coefficient (Wildman–Crippen LogP) is 2.00. The fraction of sp³-hybridized carbons (Fsp3) is 0.316. The second-order valence-electron chi connectivity index (χ2n) is 6.51. The molecule has 2 aromatic rings. The number of nitrogens with zero attached hydrogens (tertiary/aromatic N) is 2. The first-order valence-corrected chi connectivity index (χ1v) is 8.28. The summed E-state index contributed by atoms with van der Waals surface area (Å²) in [5, 5.41) is 3.36. The quantitative estimate of drug-likeness (QED) is 0.878. The van der Waals surface area contributed by atoms with E-state index < -0.39 is 0 Å². The third-order valence-electron chi connectivity index (χ3n) is 5.17. The summed E-state index contributed by atoms with van der Waals surface area (Å²) >= 11 is 0. The summed E-state index contributed by atoms with van der Waals surface area (Å²) in [6.07, 6.45) is 5.38. The number of rotatable bonds is 3. The molecular weight excluding hydrogens is 302 g/mol. The number of fused-ring (bicyclic) bond motifs is 1. The van der Waals surface area contributed by atoms with E-state index in [1.54, 1.807) is 30.5 Å².